The van der Waals surface area contributed by atoms with Gasteiger partial charge in [0.15, 0.2) is 0 Å². The minimum atomic E-state index is -3.72. The van der Waals surface area contributed by atoms with Crippen LogP contribution in [-0.2, 0) is 11.2 Å². The van der Waals surface area contributed by atoms with Crippen LogP contribution in [0.2, 0.25) is 0 Å². The lowest BCUT2D eigenvalue weighted by atomic mass is 10.0. The molecule has 0 amide bonds. The van der Waals surface area contributed by atoms with E-state index in [1.165, 1.54) is 6.07 Å². The van der Waals surface area contributed by atoms with Crippen LogP contribution >= 0.6 is 0 Å². The van der Waals surface area contributed by atoms with Gasteiger partial charge in [-0.3, -0.25) is 0 Å². The summed E-state index contributed by atoms with van der Waals surface area (Å²) in [5.74, 6) is -5.81. The molecule has 88 valence electrons. The minimum absolute atomic E-state index is 0.316. The van der Waals surface area contributed by atoms with Gasteiger partial charge in [0.2, 0.25) is 0 Å². The summed E-state index contributed by atoms with van der Waals surface area (Å²) < 4.78 is 26.1. The second-order valence-corrected chi connectivity index (χ2v) is 3.87. The summed E-state index contributed by atoms with van der Waals surface area (Å²) in [6.45, 7) is 0. The van der Waals surface area contributed by atoms with E-state index >= 15 is 0 Å². The van der Waals surface area contributed by atoms with E-state index in [1.807, 2.05) is 12.1 Å². The lowest BCUT2D eigenvalue weighted by Crippen LogP contribution is -2.30. The number of carboxylic acid groups (broad SMARTS) is 1. The number of aliphatic carboxylic acids is 1. The van der Waals surface area contributed by atoms with E-state index in [4.69, 9.17) is 5.11 Å². The molecule has 2 aromatic rings. The largest absolute Gasteiger partial charge is 0.477 e. The van der Waals surface area contributed by atoms with Gasteiger partial charge < -0.3 is 5.11 Å². The molecule has 0 heterocycles. The third-order valence-electron chi connectivity index (χ3n) is 2.55. The molecular formula is C13H10F2O2. The highest BCUT2D eigenvalue weighted by Gasteiger charge is 2.38. The molecule has 0 bridgehead atoms. The number of carboxylic acids is 1. The Morgan fingerprint density at radius 3 is 2.41 bits per heavy atom. The van der Waals surface area contributed by atoms with Crippen LogP contribution in [0.4, 0.5) is 8.78 Å². The maximum absolute atomic E-state index is 13.0. The molecule has 0 spiro atoms. The van der Waals surface area contributed by atoms with Crippen molar-refractivity contribution in [2.45, 2.75) is 12.3 Å². The Morgan fingerprint density at radius 1 is 1.12 bits per heavy atom. The topological polar surface area (TPSA) is 37.3 Å². The first-order valence-corrected chi connectivity index (χ1v) is 5.08. The number of rotatable bonds is 3. The predicted octanol–water partition coefficient (Wildman–Crippen LogP) is 3.10. The number of hydrogen-bond donors (Lipinski definition) is 1. The lowest BCUT2D eigenvalue weighted by molar-refractivity contribution is -0.164. The van der Waals surface area contributed by atoms with Gasteiger partial charge in [0.1, 0.15) is 0 Å². The van der Waals surface area contributed by atoms with Crippen molar-refractivity contribution in [2.75, 3.05) is 0 Å². The van der Waals surface area contributed by atoms with E-state index in [-0.39, 0.29) is 0 Å². The van der Waals surface area contributed by atoms with E-state index < -0.39 is 18.3 Å². The van der Waals surface area contributed by atoms with Crippen LogP contribution in [0, 0.1) is 0 Å². The van der Waals surface area contributed by atoms with E-state index in [1.54, 1.807) is 24.3 Å². The van der Waals surface area contributed by atoms with Crippen molar-refractivity contribution in [2.24, 2.45) is 0 Å². The molecule has 0 aliphatic carbocycles. The first-order valence-electron chi connectivity index (χ1n) is 5.08. The van der Waals surface area contributed by atoms with Gasteiger partial charge in [-0.2, -0.15) is 8.78 Å². The van der Waals surface area contributed by atoms with Crippen molar-refractivity contribution in [1.29, 1.82) is 0 Å². The highest BCUT2D eigenvalue weighted by atomic mass is 19.3. The van der Waals surface area contributed by atoms with Gasteiger partial charge in [-0.1, -0.05) is 42.5 Å². The molecule has 0 aliphatic rings. The van der Waals surface area contributed by atoms with Crippen molar-refractivity contribution in [1.82, 2.24) is 0 Å². The smallest absolute Gasteiger partial charge is 0.374 e. The summed E-state index contributed by atoms with van der Waals surface area (Å²) in [7, 11) is 0. The van der Waals surface area contributed by atoms with E-state index in [9.17, 15) is 13.6 Å². The summed E-state index contributed by atoms with van der Waals surface area (Å²) in [6, 6.07) is 12.2. The molecule has 4 heteroatoms. The fourth-order valence-electron chi connectivity index (χ4n) is 1.68. The summed E-state index contributed by atoms with van der Waals surface area (Å²) in [4.78, 5) is 10.3. The van der Waals surface area contributed by atoms with Crippen molar-refractivity contribution < 1.29 is 18.7 Å². The van der Waals surface area contributed by atoms with Crippen molar-refractivity contribution in [3.63, 3.8) is 0 Å². The normalized spacial score (nSPS) is 11.6. The molecule has 0 atom stereocenters. The Hall–Kier alpha value is -1.97. The third-order valence-corrected chi connectivity index (χ3v) is 2.55. The quantitative estimate of drug-likeness (QED) is 0.889. The molecule has 0 radical (unpaired) electrons. The Bertz CT molecular complexity index is 564. The van der Waals surface area contributed by atoms with Crippen LogP contribution in [0.1, 0.15) is 5.56 Å². The van der Waals surface area contributed by atoms with Crippen LogP contribution in [-0.4, -0.2) is 17.0 Å². The Morgan fingerprint density at radius 2 is 1.76 bits per heavy atom. The molecule has 2 aromatic carbocycles. The average molecular weight is 236 g/mol. The Balaban J connectivity index is 2.34. The highest BCUT2D eigenvalue weighted by molar-refractivity contribution is 5.83. The van der Waals surface area contributed by atoms with Crippen LogP contribution in [0.3, 0.4) is 0 Å². The standard InChI is InChI=1S/C13H10F2O2/c14-13(15,12(16)17)8-9-5-6-10-3-1-2-4-11(10)7-9/h1-7H,8H2,(H,16,17). The van der Waals surface area contributed by atoms with Crippen LogP contribution < -0.4 is 0 Å². The number of fused-ring (bicyclic) bond motifs is 1. The zero-order valence-electron chi connectivity index (χ0n) is 8.86. The minimum Gasteiger partial charge on any atom is -0.477 e. The van der Waals surface area contributed by atoms with Gasteiger partial charge in [0, 0.05) is 6.42 Å². The van der Waals surface area contributed by atoms with Gasteiger partial charge in [-0.25, -0.2) is 4.79 Å². The first kappa shape index (κ1) is 11.5. The molecule has 0 saturated heterocycles. The monoisotopic (exact) mass is 236 g/mol. The SMILES string of the molecule is O=C(O)C(F)(F)Cc1ccc2ccccc2c1. The number of alkyl halides is 2. The average Bonchev–Trinajstić information content (AvgIpc) is 2.28. The number of halogens is 2. The number of carbonyl (C=O) groups is 1. The van der Waals surface area contributed by atoms with E-state index in [0.29, 0.717) is 5.56 Å². The molecule has 1 N–H and O–H groups in total. The van der Waals surface area contributed by atoms with Gasteiger partial charge >= 0.3 is 11.9 Å². The molecule has 2 rings (SSSR count). The summed E-state index contributed by atoms with van der Waals surface area (Å²) in [5, 5.41) is 10.1. The van der Waals surface area contributed by atoms with Crippen molar-refractivity contribution >= 4 is 16.7 Å². The summed E-state index contributed by atoms with van der Waals surface area (Å²) >= 11 is 0. The molecule has 0 aromatic heterocycles. The van der Waals surface area contributed by atoms with Gasteiger partial charge in [-0.15, -0.1) is 0 Å². The molecule has 0 aliphatic heterocycles. The number of hydrogen-bond acceptors (Lipinski definition) is 1. The molecular weight excluding hydrogens is 226 g/mol. The summed E-state index contributed by atoms with van der Waals surface area (Å²) in [5.41, 5.74) is 0.316. The van der Waals surface area contributed by atoms with Crippen LogP contribution in [0.5, 0.6) is 0 Å². The van der Waals surface area contributed by atoms with Crippen LogP contribution in [0.25, 0.3) is 10.8 Å². The molecule has 0 fully saturated rings. The van der Waals surface area contributed by atoms with Crippen molar-refractivity contribution in [3.8, 4) is 0 Å². The highest BCUT2D eigenvalue weighted by Crippen LogP contribution is 2.23. The third kappa shape index (κ3) is 2.41. The van der Waals surface area contributed by atoms with Crippen molar-refractivity contribution in [3.05, 3.63) is 48.0 Å². The van der Waals surface area contributed by atoms with Crippen LogP contribution in [0.15, 0.2) is 42.5 Å². The zero-order chi connectivity index (χ0) is 12.5. The second-order valence-electron chi connectivity index (χ2n) is 3.87. The van der Waals surface area contributed by atoms with E-state index in [0.717, 1.165) is 10.8 Å². The molecule has 17 heavy (non-hydrogen) atoms. The lowest BCUT2D eigenvalue weighted by Gasteiger charge is -2.11. The Labute approximate surface area is 96.5 Å². The Kier molecular flexibility index (Phi) is 2.79. The molecule has 0 unspecified atom stereocenters. The van der Waals surface area contributed by atoms with Gasteiger partial charge in [-0.05, 0) is 16.3 Å². The van der Waals surface area contributed by atoms with Gasteiger partial charge in [0.05, 0.1) is 0 Å². The first-order chi connectivity index (χ1) is 7.99. The molecule has 2 nitrogen and oxygen atoms in total. The zero-order valence-corrected chi connectivity index (χ0v) is 8.86. The molecule has 0 saturated carbocycles. The second kappa shape index (κ2) is 4.13. The van der Waals surface area contributed by atoms with Gasteiger partial charge in [0.25, 0.3) is 0 Å². The fourth-order valence-corrected chi connectivity index (χ4v) is 1.68. The maximum atomic E-state index is 13.0. The summed E-state index contributed by atoms with van der Waals surface area (Å²) in [6.07, 6.45) is -0.785. The van der Waals surface area contributed by atoms with E-state index in [2.05, 4.69) is 0 Å². The number of benzene rings is 2. The predicted molar refractivity (Wildman–Crippen MR) is 60.2 cm³/mol. The maximum Gasteiger partial charge on any atom is 0.374 e. The fraction of sp³-hybridized carbons (Fsp3) is 0.154.